The van der Waals surface area contributed by atoms with Gasteiger partial charge in [-0.3, -0.25) is 9.48 Å². The summed E-state index contributed by atoms with van der Waals surface area (Å²) in [5, 5.41) is 5.00. The summed E-state index contributed by atoms with van der Waals surface area (Å²) in [7, 11) is 2.09. The molecule has 2 unspecified atom stereocenters. The van der Waals surface area contributed by atoms with Gasteiger partial charge in [0.1, 0.15) is 6.54 Å². The molecule has 2 aliphatic rings. The van der Waals surface area contributed by atoms with Crippen LogP contribution in [0, 0.1) is 13.8 Å². The smallest absolute Gasteiger partial charge is 0.244 e. The highest BCUT2D eigenvalue weighted by Gasteiger charge is 2.38. The van der Waals surface area contributed by atoms with E-state index in [0.717, 1.165) is 30.9 Å². The van der Waals surface area contributed by atoms with E-state index in [-0.39, 0.29) is 24.6 Å². The first-order valence-corrected chi connectivity index (χ1v) is 8.14. The zero-order valence-electron chi connectivity index (χ0n) is 13.4. The van der Waals surface area contributed by atoms with Gasteiger partial charge in [0, 0.05) is 19.6 Å². The van der Waals surface area contributed by atoms with Crippen molar-refractivity contribution in [3.8, 4) is 0 Å². The highest BCUT2D eigenvalue weighted by Crippen LogP contribution is 2.24. The van der Waals surface area contributed by atoms with Crippen molar-refractivity contribution in [2.45, 2.75) is 39.0 Å². The molecule has 2 fully saturated rings. The second-order valence-corrected chi connectivity index (χ2v) is 6.64. The molecule has 22 heavy (non-hydrogen) atoms. The zero-order valence-corrected chi connectivity index (χ0v) is 14.1. The summed E-state index contributed by atoms with van der Waals surface area (Å²) in [6.07, 6.45) is 1.15. The monoisotopic (exact) mass is 326 g/mol. The van der Waals surface area contributed by atoms with E-state index in [2.05, 4.69) is 17.0 Å². The first kappa shape index (κ1) is 15.8. The number of rotatable bonds is 2. The lowest BCUT2D eigenvalue weighted by atomic mass is 9.99. The highest BCUT2D eigenvalue weighted by molar-refractivity contribution is 6.31. The molecule has 2 atom stereocenters. The molecule has 0 saturated carbocycles. The third-order valence-corrected chi connectivity index (χ3v) is 5.23. The molecule has 2 saturated heterocycles. The lowest BCUT2D eigenvalue weighted by molar-refractivity contribution is -0.152. The molecule has 7 heteroatoms. The second-order valence-electron chi connectivity index (χ2n) is 6.26. The average Bonchev–Trinajstić information content (AvgIpc) is 2.73. The number of carbonyl (C=O) groups excluding carboxylic acids is 1. The van der Waals surface area contributed by atoms with E-state index in [4.69, 9.17) is 16.3 Å². The van der Waals surface area contributed by atoms with Gasteiger partial charge >= 0.3 is 0 Å². The van der Waals surface area contributed by atoms with Gasteiger partial charge in [0.25, 0.3) is 0 Å². The Bertz CT molecular complexity index is 574. The first-order valence-electron chi connectivity index (χ1n) is 7.76. The number of likely N-dealkylation sites (tertiary alicyclic amines) is 1. The molecule has 1 aromatic heterocycles. The average molecular weight is 327 g/mol. The SMILES string of the molecule is Cc1nn(CC(=O)N2CCOC3CCN(C)CC32)c(C)c1Cl. The Labute approximate surface area is 136 Å². The van der Waals surface area contributed by atoms with Crippen LogP contribution < -0.4 is 0 Å². The molecule has 1 amide bonds. The lowest BCUT2D eigenvalue weighted by Gasteiger charge is -2.46. The number of morpholine rings is 1. The topological polar surface area (TPSA) is 50.6 Å². The van der Waals surface area contributed by atoms with Crippen molar-refractivity contribution >= 4 is 17.5 Å². The fourth-order valence-electron chi connectivity index (χ4n) is 3.39. The van der Waals surface area contributed by atoms with Crippen LogP contribution in [0.15, 0.2) is 0 Å². The van der Waals surface area contributed by atoms with Crippen LogP contribution in [0.3, 0.4) is 0 Å². The van der Waals surface area contributed by atoms with Crippen LogP contribution in [0.2, 0.25) is 5.02 Å². The second kappa shape index (κ2) is 6.18. The van der Waals surface area contributed by atoms with Crippen molar-refractivity contribution < 1.29 is 9.53 Å². The minimum Gasteiger partial charge on any atom is -0.374 e. The van der Waals surface area contributed by atoms with Gasteiger partial charge in [0.2, 0.25) is 5.91 Å². The minimum atomic E-state index is 0.0934. The van der Waals surface area contributed by atoms with E-state index in [1.807, 2.05) is 18.7 Å². The molecule has 3 rings (SSSR count). The van der Waals surface area contributed by atoms with Crippen LogP contribution in [0.1, 0.15) is 17.8 Å². The molecular formula is C15H23ClN4O2. The molecule has 0 aliphatic carbocycles. The van der Waals surface area contributed by atoms with Crippen molar-refractivity contribution in [2.75, 3.05) is 33.3 Å². The number of aryl methyl sites for hydroxylation is 1. The van der Waals surface area contributed by atoms with Gasteiger partial charge in [0.15, 0.2) is 0 Å². The number of hydrogen-bond acceptors (Lipinski definition) is 4. The number of amides is 1. The highest BCUT2D eigenvalue weighted by atomic mass is 35.5. The number of likely N-dealkylation sites (N-methyl/N-ethyl adjacent to an activating group) is 1. The van der Waals surface area contributed by atoms with E-state index < -0.39 is 0 Å². The van der Waals surface area contributed by atoms with Crippen LogP contribution >= 0.6 is 11.6 Å². The number of fused-ring (bicyclic) bond motifs is 1. The van der Waals surface area contributed by atoms with E-state index in [9.17, 15) is 4.79 Å². The maximum Gasteiger partial charge on any atom is 0.244 e. The quantitative estimate of drug-likeness (QED) is 0.816. The van der Waals surface area contributed by atoms with Crippen molar-refractivity contribution in [1.29, 1.82) is 0 Å². The van der Waals surface area contributed by atoms with Gasteiger partial charge < -0.3 is 14.5 Å². The molecule has 0 bridgehead atoms. The van der Waals surface area contributed by atoms with Crippen molar-refractivity contribution in [3.63, 3.8) is 0 Å². The van der Waals surface area contributed by atoms with Gasteiger partial charge in [0.05, 0.1) is 35.2 Å². The minimum absolute atomic E-state index is 0.0934. The van der Waals surface area contributed by atoms with E-state index in [0.29, 0.717) is 18.2 Å². The Morgan fingerprint density at radius 2 is 2.18 bits per heavy atom. The molecule has 3 heterocycles. The fraction of sp³-hybridized carbons (Fsp3) is 0.733. The summed E-state index contributed by atoms with van der Waals surface area (Å²) < 4.78 is 7.55. The van der Waals surface area contributed by atoms with Crippen molar-refractivity contribution in [2.24, 2.45) is 0 Å². The summed E-state index contributed by atoms with van der Waals surface area (Å²) in [4.78, 5) is 17.0. The molecule has 122 valence electrons. The Morgan fingerprint density at radius 3 is 2.86 bits per heavy atom. The van der Waals surface area contributed by atoms with Crippen LogP contribution in [-0.4, -0.2) is 70.9 Å². The summed E-state index contributed by atoms with van der Waals surface area (Å²) in [5.41, 5.74) is 1.61. The van der Waals surface area contributed by atoms with Crippen LogP contribution in [0.4, 0.5) is 0 Å². The number of aromatic nitrogens is 2. The summed E-state index contributed by atoms with van der Waals surface area (Å²) >= 11 is 6.16. The predicted molar refractivity (Wildman–Crippen MR) is 84.1 cm³/mol. The predicted octanol–water partition coefficient (Wildman–Crippen LogP) is 1.08. The molecule has 0 spiro atoms. The summed E-state index contributed by atoms with van der Waals surface area (Å²) in [6.45, 7) is 7.16. The number of carbonyl (C=O) groups is 1. The standard InChI is InChI=1S/C15H23ClN4O2/c1-10-15(16)11(2)20(17-10)9-14(21)19-6-7-22-13-4-5-18(3)8-12(13)19/h12-13H,4-9H2,1-3H3. The molecule has 0 radical (unpaired) electrons. The maximum absolute atomic E-state index is 12.7. The van der Waals surface area contributed by atoms with E-state index in [1.165, 1.54) is 0 Å². The lowest BCUT2D eigenvalue weighted by Crippen LogP contribution is -2.61. The van der Waals surface area contributed by atoms with Gasteiger partial charge in [-0.25, -0.2) is 0 Å². The number of piperidine rings is 1. The Hall–Kier alpha value is -1.11. The fourth-order valence-corrected chi connectivity index (χ4v) is 3.52. The first-order chi connectivity index (χ1) is 10.5. The number of hydrogen-bond donors (Lipinski definition) is 0. The van der Waals surface area contributed by atoms with Crippen LogP contribution in [0.25, 0.3) is 0 Å². The third-order valence-electron chi connectivity index (χ3n) is 4.69. The zero-order chi connectivity index (χ0) is 15.9. The molecule has 0 N–H and O–H groups in total. The summed E-state index contributed by atoms with van der Waals surface area (Å²) in [5.74, 6) is 0.0934. The van der Waals surface area contributed by atoms with Gasteiger partial charge in [-0.1, -0.05) is 11.6 Å². The van der Waals surface area contributed by atoms with Crippen LogP contribution in [-0.2, 0) is 16.1 Å². The maximum atomic E-state index is 12.7. The molecular weight excluding hydrogens is 304 g/mol. The van der Waals surface area contributed by atoms with Gasteiger partial charge in [-0.05, 0) is 27.3 Å². The van der Waals surface area contributed by atoms with E-state index in [1.54, 1.807) is 4.68 Å². The molecule has 6 nitrogen and oxygen atoms in total. The van der Waals surface area contributed by atoms with Crippen LogP contribution in [0.5, 0.6) is 0 Å². The Balaban J connectivity index is 1.74. The normalized spacial score (nSPS) is 26.1. The third kappa shape index (κ3) is 2.87. The number of halogens is 1. The Kier molecular flexibility index (Phi) is 4.43. The van der Waals surface area contributed by atoms with Gasteiger partial charge in [-0.15, -0.1) is 0 Å². The molecule has 1 aromatic rings. The van der Waals surface area contributed by atoms with E-state index >= 15 is 0 Å². The summed E-state index contributed by atoms with van der Waals surface area (Å²) in [6, 6.07) is 0.146. The number of nitrogens with zero attached hydrogens (tertiary/aromatic N) is 4. The molecule has 0 aromatic carbocycles. The number of ether oxygens (including phenoxy) is 1. The van der Waals surface area contributed by atoms with Gasteiger partial charge in [-0.2, -0.15) is 5.10 Å². The van der Waals surface area contributed by atoms with Crippen molar-refractivity contribution in [3.05, 3.63) is 16.4 Å². The largest absolute Gasteiger partial charge is 0.374 e. The van der Waals surface area contributed by atoms with Crippen molar-refractivity contribution in [1.82, 2.24) is 19.6 Å². The molecule has 2 aliphatic heterocycles. The Morgan fingerprint density at radius 1 is 1.41 bits per heavy atom.